The van der Waals surface area contributed by atoms with Gasteiger partial charge in [-0.15, -0.1) is 11.8 Å². The molecule has 0 saturated carbocycles. The van der Waals surface area contributed by atoms with Gasteiger partial charge in [-0.3, -0.25) is 4.79 Å². The Hall–Kier alpha value is -1.79. The second-order valence-electron chi connectivity index (χ2n) is 6.32. The van der Waals surface area contributed by atoms with Crippen molar-refractivity contribution in [2.24, 2.45) is 0 Å². The number of oxazole rings is 1. The number of aromatic nitrogens is 1. The highest BCUT2D eigenvalue weighted by atomic mass is 32.2. The number of nitrogens with zero attached hydrogens (tertiary/aromatic N) is 1. The summed E-state index contributed by atoms with van der Waals surface area (Å²) in [5, 5.41) is 2.93. The van der Waals surface area contributed by atoms with E-state index in [2.05, 4.69) is 17.2 Å². The molecule has 25 heavy (non-hydrogen) atoms. The Morgan fingerprint density at radius 2 is 2.12 bits per heavy atom. The van der Waals surface area contributed by atoms with Gasteiger partial charge in [-0.1, -0.05) is 17.7 Å². The highest BCUT2D eigenvalue weighted by molar-refractivity contribution is 7.99. The zero-order valence-electron chi connectivity index (χ0n) is 14.7. The summed E-state index contributed by atoms with van der Waals surface area (Å²) < 4.78 is 11.3. The van der Waals surface area contributed by atoms with Crippen LogP contribution in [0.1, 0.15) is 29.9 Å². The lowest BCUT2D eigenvalue weighted by Gasteiger charge is -2.10. The van der Waals surface area contributed by atoms with Crippen LogP contribution in [-0.4, -0.2) is 35.9 Å². The maximum atomic E-state index is 11.9. The van der Waals surface area contributed by atoms with Crippen molar-refractivity contribution in [3.8, 4) is 11.5 Å². The number of aryl methyl sites for hydroxylation is 2. The predicted molar refractivity (Wildman–Crippen MR) is 99.6 cm³/mol. The molecule has 6 heteroatoms. The van der Waals surface area contributed by atoms with Gasteiger partial charge in [0.1, 0.15) is 5.76 Å². The number of rotatable bonds is 7. The van der Waals surface area contributed by atoms with E-state index >= 15 is 0 Å². The number of thioether (sulfide) groups is 1. The van der Waals surface area contributed by atoms with Gasteiger partial charge in [0.25, 0.3) is 0 Å². The average Bonchev–Trinajstić information content (AvgIpc) is 3.24. The first-order valence-corrected chi connectivity index (χ1v) is 9.76. The van der Waals surface area contributed by atoms with E-state index in [0.717, 1.165) is 36.5 Å². The van der Waals surface area contributed by atoms with E-state index in [1.165, 1.54) is 5.56 Å². The Bertz CT molecular complexity index is 706. The lowest BCUT2D eigenvalue weighted by molar-refractivity contribution is -0.119. The molecule has 134 valence electrons. The van der Waals surface area contributed by atoms with Crippen LogP contribution in [0.2, 0.25) is 0 Å². The third-order valence-electron chi connectivity index (χ3n) is 4.21. The van der Waals surface area contributed by atoms with Crippen molar-refractivity contribution in [3.63, 3.8) is 0 Å². The molecule has 0 bridgehead atoms. The average molecular weight is 360 g/mol. The quantitative estimate of drug-likeness (QED) is 0.819. The van der Waals surface area contributed by atoms with E-state index in [-0.39, 0.29) is 12.0 Å². The number of hydrogen-bond donors (Lipinski definition) is 1. The Morgan fingerprint density at radius 3 is 2.84 bits per heavy atom. The largest absolute Gasteiger partial charge is 0.441 e. The van der Waals surface area contributed by atoms with Crippen molar-refractivity contribution < 1.29 is 13.9 Å². The maximum absolute atomic E-state index is 11.9. The van der Waals surface area contributed by atoms with E-state index in [1.54, 1.807) is 11.8 Å². The van der Waals surface area contributed by atoms with Crippen molar-refractivity contribution in [1.82, 2.24) is 10.3 Å². The van der Waals surface area contributed by atoms with Gasteiger partial charge in [-0.05, 0) is 38.8 Å². The summed E-state index contributed by atoms with van der Waals surface area (Å²) in [5.41, 5.74) is 3.07. The van der Waals surface area contributed by atoms with Crippen LogP contribution >= 0.6 is 11.8 Å². The minimum absolute atomic E-state index is 0.0420. The molecule has 5 nitrogen and oxygen atoms in total. The number of carbonyl (C=O) groups excluding carboxylic acids is 1. The Labute approximate surface area is 152 Å². The number of amides is 1. The van der Waals surface area contributed by atoms with Crippen LogP contribution in [0, 0.1) is 13.8 Å². The van der Waals surface area contributed by atoms with Crippen LogP contribution in [0.5, 0.6) is 0 Å². The van der Waals surface area contributed by atoms with Crippen LogP contribution in [0.4, 0.5) is 0 Å². The van der Waals surface area contributed by atoms with Gasteiger partial charge in [-0.25, -0.2) is 4.98 Å². The van der Waals surface area contributed by atoms with Gasteiger partial charge in [0, 0.05) is 24.5 Å². The second-order valence-corrected chi connectivity index (χ2v) is 7.31. The van der Waals surface area contributed by atoms with Gasteiger partial charge in [-0.2, -0.15) is 0 Å². The summed E-state index contributed by atoms with van der Waals surface area (Å²) in [6.45, 7) is 5.39. The van der Waals surface area contributed by atoms with E-state index in [0.29, 0.717) is 23.9 Å². The fraction of sp³-hybridized carbons (Fsp3) is 0.474. The fourth-order valence-electron chi connectivity index (χ4n) is 2.71. The molecule has 1 aliphatic heterocycles. The van der Waals surface area contributed by atoms with Crippen molar-refractivity contribution in [1.29, 1.82) is 0 Å². The van der Waals surface area contributed by atoms with Gasteiger partial charge < -0.3 is 14.5 Å². The lowest BCUT2D eigenvalue weighted by Crippen LogP contribution is -2.32. The zero-order valence-corrected chi connectivity index (χ0v) is 15.5. The van der Waals surface area contributed by atoms with Crippen LogP contribution < -0.4 is 5.32 Å². The van der Waals surface area contributed by atoms with E-state index < -0.39 is 0 Å². The minimum Gasteiger partial charge on any atom is -0.441 e. The van der Waals surface area contributed by atoms with Crippen molar-refractivity contribution in [2.45, 2.75) is 38.5 Å². The third-order valence-corrected chi connectivity index (χ3v) is 5.16. The summed E-state index contributed by atoms with van der Waals surface area (Å²) in [7, 11) is 0. The summed E-state index contributed by atoms with van der Waals surface area (Å²) in [6, 6.07) is 8.11. The van der Waals surface area contributed by atoms with Gasteiger partial charge in [0.15, 0.2) is 0 Å². The van der Waals surface area contributed by atoms with Crippen LogP contribution in [0.25, 0.3) is 11.5 Å². The highest BCUT2D eigenvalue weighted by Crippen LogP contribution is 2.24. The maximum Gasteiger partial charge on any atom is 0.230 e. The smallest absolute Gasteiger partial charge is 0.230 e. The molecule has 0 radical (unpaired) electrons. The molecule has 1 fully saturated rings. The van der Waals surface area contributed by atoms with Crippen molar-refractivity contribution >= 4 is 17.7 Å². The second kappa shape index (κ2) is 8.54. The molecule has 1 N–H and O–H groups in total. The Morgan fingerprint density at radius 1 is 1.32 bits per heavy atom. The van der Waals surface area contributed by atoms with E-state index in [4.69, 9.17) is 9.15 Å². The molecular weight excluding hydrogens is 336 g/mol. The fourth-order valence-corrected chi connectivity index (χ4v) is 3.56. The molecular formula is C19H24N2O3S. The molecule has 3 rings (SSSR count). The summed E-state index contributed by atoms with van der Waals surface area (Å²) >= 11 is 1.55. The molecule has 1 aliphatic rings. The third kappa shape index (κ3) is 5.09. The Balaban J connectivity index is 1.46. The van der Waals surface area contributed by atoms with Crippen LogP contribution in [0.15, 0.2) is 28.7 Å². The first-order chi connectivity index (χ1) is 12.1. The monoisotopic (exact) mass is 360 g/mol. The first-order valence-electron chi connectivity index (χ1n) is 8.61. The van der Waals surface area contributed by atoms with Crippen LogP contribution in [0.3, 0.4) is 0 Å². The Kier molecular flexibility index (Phi) is 6.15. The number of hydrogen-bond acceptors (Lipinski definition) is 5. The molecule has 2 aromatic rings. The van der Waals surface area contributed by atoms with Gasteiger partial charge in [0.05, 0.1) is 17.6 Å². The number of nitrogens with one attached hydrogen (secondary N) is 1. The number of benzene rings is 1. The van der Waals surface area contributed by atoms with E-state index in [1.807, 2.05) is 31.2 Å². The first kappa shape index (κ1) is 18.0. The molecule has 0 unspecified atom stereocenters. The summed E-state index contributed by atoms with van der Waals surface area (Å²) in [5.74, 6) is 2.56. The zero-order chi connectivity index (χ0) is 17.6. The highest BCUT2D eigenvalue weighted by Gasteiger charge is 2.16. The number of carbonyl (C=O) groups is 1. The summed E-state index contributed by atoms with van der Waals surface area (Å²) in [6.07, 6.45) is 2.31. The van der Waals surface area contributed by atoms with E-state index in [9.17, 15) is 4.79 Å². The van der Waals surface area contributed by atoms with Gasteiger partial charge >= 0.3 is 0 Å². The standard InChI is InChI=1S/C19H24N2O3S/c1-13-5-7-15(8-6-13)19-21-17(14(2)24-19)11-25-12-18(22)20-10-16-4-3-9-23-16/h5-8,16H,3-4,9-12H2,1-2H3,(H,20,22)/t16-/m1/s1. The molecule has 1 aromatic heterocycles. The number of ether oxygens (including phenoxy) is 1. The SMILES string of the molecule is Cc1ccc(-c2nc(CSCC(=O)NC[C@H]3CCCO3)c(C)o2)cc1. The minimum atomic E-state index is 0.0420. The molecule has 0 spiro atoms. The molecule has 1 amide bonds. The normalized spacial score (nSPS) is 17.0. The molecule has 1 saturated heterocycles. The van der Waals surface area contributed by atoms with Crippen molar-refractivity contribution in [3.05, 3.63) is 41.3 Å². The van der Waals surface area contributed by atoms with Crippen LogP contribution in [-0.2, 0) is 15.3 Å². The molecule has 0 aliphatic carbocycles. The molecule has 1 atom stereocenters. The predicted octanol–water partition coefficient (Wildman–Crippen LogP) is 3.49. The van der Waals surface area contributed by atoms with Gasteiger partial charge in [0.2, 0.25) is 11.8 Å². The lowest BCUT2D eigenvalue weighted by atomic mass is 10.1. The molecule has 2 heterocycles. The summed E-state index contributed by atoms with van der Waals surface area (Å²) in [4.78, 5) is 16.5. The van der Waals surface area contributed by atoms with Crippen molar-refractivity contribution in [2.75, 3.05) is 18.9 Å². The molecule has 1 aromatic carbocycles. The topological polar surface area (TPSA) is 64.4 Å².